The fourth-order valence-corrected chi connectivity index (χ4v) is 2.63. The van der Waals surface area contributed by atoms with E-state index >= 15 is 0 Å². The third kappa shape index (κ3) is 4.23. The minimum atomic E-state index is -0.899. The quantitative estimate of drug-likeness (QED) is 0.782. The molecular weight excluding hydrogens is 254 g/mol. The maximum Gasteiger partial charge on any atom is 0.337 e. The molecule has 2 N–H and O–H groups in total. The number of ether oxygens (including phenoxy) is 1. The molecule has 110 valence electrons. The Balaban J connectivity index is 1.80. The van der Waals surface area contributed by atoms with E-state index in [1.807, 2.05) is 19.1 Å². The molecule has 4 heteroatoms. The van der Waals surface area contributed by atoms with Crippen LogP contribution in [0.3, 0.4) is 0 Å². The lowest BCUT2D eigenvalue weighted by atomic mass is 9.98. The molecule has 0 unspecified atom stereocenters. The molecule has 0 bridgehead atoms. The molecule has 0 radical (unpaired) electrons. The number of benzene rings is 1. The summed E-state index contributed by atoms with van der Waals surface area (Å²) in [4.78, 5) is 11.2. The second kappa shape index (κ2) is 7.29. The van der Waals surface area contributed by atoms with Crippen LogP contribution in [0.5, 0.6) is 0 Å². The van der Waals surface area contributed by atoms with E-state index in [-0.39, 0.29) is 0 Å². The van der Waals surface area contributed by atoms with E-state index in [1.165, 1.54) is 19.3 Å². The number of rotatable bonds is 6. The topological polar surface area (TPSA) is 58.6 Å². The van der Waals surface area contributed by atoms with Gasteiger partial charge in [0.25, 0.3) is 0 Å². The summed E-state index contributed by atoms with van der Waals surface area (Å²) in [5.74, 6) is -0.899. The number of carboxylic acid groups (broad SMARTS) is 1. The molecule has 0 amide bonds. The van der Waals surface area contributed by atoms with Crippen LogP contribution in [-0.4, -0.2) is 30.3 Å². The molecule has 0 aliphatic heterocycles. The fourth-order valence-electron chi connectivity index (χ4n) is 2.63. The summed E-state index contributed by atoms with van der Waals surface area (Å²) in [7, 11) is 0. The summed E-state index contributed by atoms with van der Waals surface area (Å²) < 4.78 is 5.82. The van der Waals surface area contributed by atoms with E-state index in [4.69, 9.17) is 4.74 Å². The van der Waals surface area contributed by atoms with E-state index < -0.39 is 5.97 Å². The van der Waals surface area contributed by atoms with Gasteiger partial charge in [0.1, 0.15) is 0 Å². The molecule has 4 nitrogen and oxygen atoms in total. The molecule has 1 fully saturated rings. The monoisotopic (exact) mass is 277 g/mol. The Kier molecular flexibility index (Phi) is 5.41. The Labute approximate surface area is 120 Å². The maximum atomic E-state index is 11.2. The van der Waals surface area contributed by atoms with Gasteiger partial charge in [0.15, 0.2) is 0 Å². The van der Waals surface area contributed by atoms with Gasteiger partial charge in [-0.3, -0.25) is 0 Å². The lowest BCUT2D eigenvalue weighted by molar-refractivity contribution is 0.0347. The van der Waals surface area contributed by atoms with Crippen molar-refractivity contribution >= 4 is 11.7 Å². The number of aromatic carboxylic acids is 1. The van der Waals surface area contributed by atoms with Crippen LogP contribution in [0.2, 0.25) is 0 Å². The first-order valence-electron chi connectivity index (χ1n) is 7.36. The van der Waals surface area contributed by atoms with E-state index in [2.05, 4.69) is 5.32 Å². The van der Waals surface area contributed by atoms with E-state index in [9.17, 15) is 9.90 Å². The van der Waals surface area contributed by atoms with Crippen LogP contribution in [0.1, 0.15) is 48.0 Å². The van der Waals surface area contributed by atoms with Crippen molar-refractivity contribution < 1.29 is 14.6 Å². The molecule has 2 rings (SSSR count). The van der Waals surface area contributed by atoms with Crippen LogP contribution in [0.4, 0.5) is 5.69 Å². The Morgan fingerprint density at radius 3 is 2.80 bits per heavy atom. The number of carbonyl (C=O) groups is 1. The summed E-state index contributed by atoms with van der Waals surface area (Å²) in [6.45, 7) is 3.15. The maximum absolute atomic E-state index is 11.2. The van der Waals surface area contributed by atoms with Gasteiger partial charge in [-0.05, 0) is 31.9 Å². The minimum Gasteiger partial charge on any atom is -0.478 e. The predicted octanol–water partition coefficient (Wildman–Crippen LogP) is 3.45. The van der Waals surface area contributed by atoms with Gasteiger partial charge in [0, 0.05) is 12.2 Å². The van der Waals surface area contributed by atoms with Crippen LogP contribution >= 0.6 is 0 Å². The van der Waals surface area contributed by atoms with E-state index in [0.29, 0.717) is 30.5 Å². The highest BCUT2D eigenvalue weighted by atomic mass is 16.5. The summed E-state index contributed by atoms with van der Waals surface area (Å²) in [5, 5.41) is 12.3. The number of nitrogens with one attached hydrogen (secondary N) is 1. The highest BCUT2D eigenvalue weighted by Crippen LogP contribution is 2.20. The van der Waals surface area contributed by atoms with Crippen molar-refractivity contribution in [2.24, 2.45) is 0 Å². The van der Waals surface area contributed by atoms with Gasteiger partial charge in [0.2, 0.25) is 0 Å². The molecular formula is C16H23NO3. The highest BCUT2D eigenvalue weighted by Gasteiger charge is 2.13. The Morgan fingerprint density at radius 1 is 1.35 bits per heavy atom. The molecule has 20 heavy (non-hydrogen) atoms. The average Bonchev–Trinajstić information content (AvgIpc) is 2.45. The second-order valence-electron chi connectivity index (χ2n) is 5.41. The molecule has 0 saturated heterocycles. The van der Waals surface area contributed by atoms with Gasteiger partial charge in [-0.2, -0.15) is 0 Å². The Bertz CT molecular complexity index is 453. The first-order valence-corrected chi connectivity index (χ1v) is 7.36. The van der Waals surface area contributed by atoms with Crippen LogP contribution in [0.25, 0.3) is 0 Å². The van der Waals surface area contributed by atoms with Crippen LogP contribution in [0.15, 0.2) is 18.2 Å². The second-order valence-corrected chi connectivity index (χ2v) is 5.41. The minimum absolute atomic E-state index is 0.322. The average molecular weight is 277 g/mol. The van der Waals surface area contributed by atoms with Crippen molar-refractivity contribution in [2.45, 2.75) is 45.1 Å². The van der Waals surface area contributed by atoms with Gasteiger partial charge < -0.3 is 15.2 Å². The smallest absolute Gasteiger partial charge is 0.337 e. The lowest BCUT2D eigenvalue weighted by Gasteiger charge is -2.22. The van der Waals surface area contributed by atoms with Crippen molar-refractivity contribution in [3.8, 4) is 0 Å². The predicted molar refractivity (Wildman–Crippen MR) is 79.5 cm³/mol. The summed E-state index contributed by atoms with van der Waals surface area (Å²) in [6, 6.07) is 5.42. The number of anilines is 1. The fraction of sp³-hybridized carbons (Fsp3) is 0.562. The number of hydrogen-bond acceptors (Lipinski definition) is 3. The number of hydrogen-bond donors (Lipinski definition) is 2. The van der Waals surface area contributed by atoms with Gasteiger partial charge in [-0.1, -0.05) is 30.9 Å². The molecule has 1 aromatic carbocycles. The van der Waals surface area contributed by atoms with Gasteiger partial charge in [-0.15, -0.1) is 0 Å². The Morgan fingerprint density at radius 2 is 2.10 bits per heavy atom. The highest BCUT2D eigenvalue weighted by molar-refractivity contribution is 5.94. The standard InChI is InChI=1S/C16H23NO3/c1-12-7-8-15(14(11-12)16(18)19)17-9-10-20-13-5-3-2-4-6-13/h7-8,11,13,17H,2-6,9-10H2,1H3,(H,18,19). The molecule has 0 aromatic heterocycles. The first kappa shape index (κ1) is 14.9. The zero-order chi connectivity index (χ0) is 14.4. The molecule has 0 heterocycles. The van der Waals surface area contributed by atoms with Crippen molar-refractivity contribution in [1.82, 2.24) is 0 Å². The van der Waals surface area contributed by atoms with E-state index in [1.54, 1.807) is 6.07 Å². The van der Waals surface area contributed by atoms with Crippen molar-refractivity contribution in [3.05, 3.63) is 29.3 Å². The summed E-state index contributed by atoms with van der Waals surface area (Å²) in [5.41, 5.74) is 1.93. The summed E-state index contributed by atoms with van der Waals surface area (Å²) >= 11 is 0. The van der Waals surface area contributed by atoms with Crippen LogP contribution in [-0.2, 0) is 4.74 Å². The van der Waals surface area contributed by atoms with Crippen LogP contribution in [0, 0.1) is 6.92 Å². The zero-order valence-electron chi connectivity index (χ0n) is 12.0. The molecule has 1 aliphatic rings. The molecule has 1 aromatic rings. The van der Waals surface area contributed by atoms with Gasteiger partial charge in [0.05, 0.1) is 18.3 Å². The van der Waals surface area contributed by atoms with Gasteiger partial charge >= 0.3 is 5.97 Å². The zero-order valence-corrected chi connectivity index (χ0v) is 12.0. The summed E-state index contributed by atoms with van der Waals surface area (Å²) in [6.07, 6.45) is 6.56. The molecule has 0 spiro atoms. The van der Waals surface area contributed by atoms with Crippen molar-refractivity contribution in [3.63, 3.8) is 0 Å². The van der Waals surface area contributed by atoms with E-state index in [0.717, 1.165) is 18.4 Å². The largest absolute Gasteiger partial charge is 0.478 e. The normalized spacial score (nSPS) is 16.1. The third-order valence-corrected chi connectivity index (χ3v) is 3.73. The van der Waals surface area contributed by atoms with Crippen molar-refractivity contribution in [2.75, 3.05) is 18.5 Å². The molecule has 0 atom stereocenters. The van der Waals surface area contributed by atoms with Crippen LogP contribution < -0.4 is 5.32 Å². The third-order valence-electron chi connectivity index (χ3n) is 3.73. The number of carboxylic acids is 1. The van der Waals surface area contributed by atoms with Crippen molar-refractivity contribution in [1.29, 1.82) is 0 Å². The molecule has 1 saturated carbocycles. The first-order chi connectivity index (χ1) is 9.66. The Hall–Kier alpha value is -1.55. The molecule has 1 aliphatic carbocycles. The van der Waals surface area contributed by atoms with Gasteiger partial charge in [-0.25, -0.2) is 4.79 Å². The lowest BCUT2D eigenvalue weighted by Crippen LogP contribution is -2.21. The SMILES string of the molecule is Cc1ccc(NCCOC2CCCCC2)c(C(=O)O)c1. The number of aryl methyl sites for hydroxylation is 1.